The van der Waals surface area contributed by atoms with Gasteiger partial charge in [0.2, 0.25) is 10.0 Å². The van der Waals surface area contributed by atoms with E-state index >= 15 is 0 Å². The number of halogens is 1. The first-order valence-electron chi connectivity index (χ1n) is 6.88. The van der Waals surface area contributed by atoms with Gasteiger partial charge in [-0.15, -0.1) is 0 Å². The van der Waals surface area contributed by atoms with Gasteiger partial charge in [-0.3, -0.25) is 0 Å². The summed E-state index contributed by atoms with van der Waals surface area (Å²) in [5.41, 5.74) is 5.69. The van der Waals surface area contributed by atoms with E-state index in [2.05, 4.69) is 0 Å². The summed E-state index contributed by atoms with van der Waals surface area (Å²) < 4.78 is 40.7. The van der Waals surface area contributed by atoms with E-state index in [1.807, 2.05) is 13.8 Å². The highest BCUT2D eigenvalue weighted by atomic mass is 32.2. The van der Waals surface area contributed by atoms with Crippen molar-refractivity contribution in [3.8, 4) is 0 Å². The van der Waals surface area contributed by atoms with Crippen LogP contribution in [0.4, 0.5) is 10.1 Å². The maximum absolute atomic E-state index is 13.6. The number of rotatable bonds is 3. The molecule has 0 radical (unpaired) electrons. The Morgan fingerprint density at radius 2 is 2.05 bits per heavy atom. The summed E-state index contributed by atoms with van der Waals surface area (Å²) in [6, 6.07) is 2.56. The molecule has 1 aliphatic rings. The molecule has 1 aromatic rings. The zero-order valence-electron chi connectivity index (χ0n) is 12.1. The van der Waals surface area contributed by atoms with Crippen molar-refractivity contribution in [1.29, 1.82) is 0 Å². The van der Waals surface area contributed by atoms with Crippen molar-refractivity contribution >= 4 is 15.7 Å². The van der Waals surface area contributed by atoms with Gasteiger partial charge in [-0.05, 0) is 50.8 Å². The molecule has 0 bridgehead atoms. The van der Waals surface area contributed by atoms with Gasteiger partial charge in [0, 0.05) is 12.1 Å². The lowest BCUT2D eigenvalue weighted by Gasteiger charge is -2.27. The quantitative estimate of drug-likeness (QED) is 0.873. The second-order valence-electron chi connectivity index (χ2n) is 5.47. The summed E-state index contributed by atoms with van der Waals surface area (Å²) in [5, 5.41) is 0. The molecule has 0 aliphatic carbocycles. The summed E-state index contributed by atoms with van der Waals surface area (Å²) in [6.45, 7) is 5.41. The van der Waals surface area contributed by atoms with Crippen LogP contribution in [-0.2, 0) is 10.0 Å². The van der Waals surface area contributed by atoms with Crippen LogP contribution < -0.4 is 5.73 Å². The van der Waals surface area contributed by atoms with Gasteiger partial charge in [0.15, 0.2) is 0 Å². The minimum absolute atomic E-state index is 0.0154. The first kappa shape index (κ1) is 15.3. The number of nitrogens with zero attached hydrogens (tertiary/aromatic N) is 1. The van der Waals surface area contributed by atoms with Crippen LogP contribution in [0.5, 0.6) is 0 Å². The van der Waals surface area contributed by atoms with Crippen LogP contribution in [0, 0.1) is 12.7 Å². The molecule has 1 aliphatic heterocycles. The summed E-state index contributed by atoms with van der Waals surface area (Å²) in [4.78, 5) is 0.0844. The van der Waals surface area contributed by atoms with Gasteiger partial charge in [-0.1, -0.05) is 6.92 Å². The lowest BCUT2D eigenvalue weighted by atomic mass is 10.2. The van der Waals surface area contributed by atoms with Crippen LogP contribution in [0.2, 0.25) is 0 Å². The maximum Gasteiger partial charge on any atom is 0.243 e. The predicted molar refractivity (Wildman–Crippen MR) is 77.3 cm³/mol. The fourth-order valence-corrected chi connectivity index (χ4v) is 4.97. The van der Waals surface area contributed by atoms with Crippen molar-refractivity contribution in [2.45, 2.75) is 57.0 Å². The number of sulfonamides is 1. The molecule has 112 valence electrons. The standard InChI is InChI=1S/C14H21FN2O2S/c1-4-11-6-5-10(3)17(11)20(18,19)12-7-9(2)14(15)13(16)8-12/h7-8,10-11H,4-6,16H2,1-3H3. The molecule has 1 fully saturated rings. The van der Waals surface area contributed by atoms with Gasteiger partial charge in [-0.25, -0.2) is 12.8 Å². The molecule has 2 rings (SSSR count). The summed E-state index contributed by atoms with van der Waals surface area (Å²) in [7, 11) is -3.62. The molecule has 0 spiro atoms. The van der Waals surface area contributed by atoms with Crippen LogP contribution >= 0.6 is 0 Å². The van der Waals surface area contributed by atoms with Crippen molar-refractivity contribution in [1.82, 2.24) is 4.31 Å². The summed E-state index contributed by atoms with van der Waals surface area (Å²) in [5.74, 6) is -0.550. The largest absolute Gasteiger partial charge is 0.396 e. The Balaban J connectivity index is 2.50. The normalized spacial score (nSPS) is 24.2. The average molecular weight is 300 g/mol. The number of nitrogen functional groups attached to an aromatic ring is 1. The van der Waals surface area contributed by atoms with Crippen molar-refractivity contribution in [3.05, 3.63) is 23.5 Å². The second-order valence-corrected chi connectivity index (χ2v) is 7.31. The van der Waals surface area contributed by atoms with Crippen molar-refractivity contribution < 1.29 is 12.8 Å². The molecule has 1 saturated heterocycles. The Kier molecular flexibility index (Phi) is 4.07. The minimum atomic E-state index is -3.62. The molecule has 1 heterocycles. The molecule has 20 heavy (non-hydrogen) atoms. The van der Waals surface area contributed by atoms with Gasteiger partial charge < -0.3 is 5.73 Å². The number of hydrogen-bond donors (Lipinski definition) is 1. The monoisotopic (exact) mass is 300 g/mol. The van der Waals surface area contributed by atoms with E-state index < -0.39 is 15.8 Å². The second kappa shape index (κ2) is 5.33. The Labute approximate surface area is 119 Å². The minimum Gasteiger partial charge on any atom is -0.396 e. The predicted octanol–water partition coefficient (Wildman–Crippen LogP) is 2.67. The third-order valence-electron chi connectivity index (χ3n) is 4.01. The maximum atomic E-state index is 13.6. The number of nitrogens with two attached hydrogens (primary N) is 1. The van der Waals surface area contributed by atoms with E-state index in [1.165, 1.54) is 19.1 Å². The van der Waals surface area contributed by atoms with Crippen LogP contribution in [0.1, 0.15) is 38.7 Å². The fourth-order valence-electron chi connectivity index (χ4n) is 2.90. The van der Waals surface area contributed by atoms with Crippen molar-refractivity contribution in [2.75, 3.05) is 5.73 Å². The van der Waals surface area contributed by atoms with Crippen molar-refractivity contribution in [2.24, 2.45) is 0 Å². The molecule has 6 heteroatoms. The van der Waals surface area contributed by atoms with E-state index in [0.29, 0.717) is 0 Å². The van der Waals surface area contributed by atoms with E-state index in [1.54, 1.807) is 4.31 Å². The molecule has 0 aromatic heterocycles. The lowest BCUT2D eigenvalue weighted by Crippen LogP contribution is -2.39. The van der Waals surface area contributed by atoms with Gasteiger partial charge >= 0.3 is 0 Å². The first-order chi connectivity index (χ1) is 9.28. The number of aryl methyl sites for hydroxylation is 1. The molecule has 0 saturated carbocycles. The fraction of sp³-hybridized carbons (Fsp3) is 0.571. The molecular weight excluding hydrogens is 279 g/mol. The highest BCUT2D eigenvalue weighted by Crippen LogP contribution is 2.33. The molecule has 2 N–H and O–H groups in total. The Morgan fingerprint density at radius 3 is 2.60 bits per heavy atom. The van der Waals surface area contributed by atoms with Gasteiger partial charge in [-0.2, -0.15) is 4.31 Å². The Bertz CT molecular complexity index is 593. The van der Waals surface area contributed by atoms with Crippen LogP contribution in [0.25, 0.3) is 0 Å². The average Bonchev–Trinajstić information content (AvgIpc) is 2.77. The SMILES string of the molecule is CCC1CCC(C)N1S(=O)(=O)c1cc(C)c(F)c(N)c1. The number of benzene rings is 1. The summed E-state index contributed by atoms with van der Waals surface area (Å²) >= 11 is 0. The molecule has 1 aromatic carbocycles. The topological polar surface area (TPSA) is 63.4 Å². The third-order valence-corrected chi connectivity index (χ3v) is 6.06. The number of hydrogen-bond acceptors (Lipinski definition) is 3. The van der Waals surface area contributed by atoms with Crippen molar-refractivity contribution in [3.63, 3.8) is 0 Å². The highest BCUT2D eigenvalue weighted by molar-refractivity contribution is 7.89. The van der Waals surface area contributed by atoms with Crippen LogP contribution in [0.15, 0.2) is 17.0 Å². The lowest BCUT2D eigenvalue weighted by molar-refractivity contribution is 0.328. The number of anilines is 1. The zero-order valence-corrected chi connectivity index (χ0v) is 12.9. The Hall–Kier alpha value is -1.14. The van der Waals surface area contributed by atoms with Gasteiger partial charge in [0.05, 0.1) is 10.6 Å². The van der Waals surface area contributed by atoms with Gasteiger partial charge in [0.1, 0.15) is 5.82 Å². The summed E-state index contributed by atoms with van der Waals surface area (Å²) in [6.07, 6.45) is 2.50. The van der Waals surface area contributed by atoms with Crippen LogP contribution in [0.3, 0.4) is 0 Å². The van der Waals surface area contributed by atoms with E-state index in [4.69, 9.17) is 5.73 Å². The highest BCUT2D eigenvalue weighted by Gasteiger charge is 2.39. The van der Waals surface area contributed by atoms with E-state index in [-0.39, 0.29) is 28.2 Å². The molecule has 0 amide bonds. The molecule has 2 unspecified atom stereocenters. The first-order valence-corrected chi connectivity index (χ1v) is 8.32. The van der Waals surface area contributed by atoms with Gasteiger partial charge in [0.25, 0.3) is 0 Å². The third kappa shape index (κ3) is 2.42. The smallest absolute Gasteiger partial charge is 0.243 e. The molecular formula is C14H21FN2O2S. The van der Waals surface area contributed by atoms with E-state index in [0.717, 1.165) is 19.3 Å². The molecule has 2 atom stereocenters. The Morgan fingerprint density at radius 1 is 1.40 bits per heavy atom. The molecule has 4 nitrogen and oxygen atoms in total. The van der Waals surface area contributed by atoms with E-state index in [9.17, 15) is 12.8 Å². The van der Waals surface area contributed by atoms with Crippen LogP contribution in [-0.4, -0.2) is 24.8 Å². The zero-order chi connectivity index (χ0) is 15.1.